The number of carbonyl (C=O) groups is 2. The van der Waals surface area contributed by atoms with Crippen LogP contribution in [0, 0.1) is 0 Å². The lowest BCUT2D eigenvalue weighted by Crippen LogP contribution is -2.15. The molecule has 0 aliphatic heterocycles. The summed E-state index contributed by atoms with van der Waals surface area (Å²) in [5, 5.41) is 7.75. The Morgan fingerprint density at radius 3 is 2.65 bits per heavy atom. The second kappa shape index (κ2) is 8.26. The van der Waals surface area contributed by atoms with Crippen LogP contribution in [-0.4, -0.2) is 23.9 Å². The van der Waals surface area contributed by atoms with Crippen LogP contribution in [0.5, 0.6) is 5.75 Å². The molecule has 26 heavy (non-hydrogen) atoms. The van der Waals surface area contributed by atoms with E-state index in [0.29, 0.717) is 27.8 Å². The Labute approximate surface area is 154 Å². The fraction of sp³-hybridized carbons (Fsp3) is 0.105. The van der Waals surface area contributed by atoms with Gasteiger partial charge in [0.25, 0.3) is 5.91 Å². The zero-order chi connectivity index (χ0) is 18.4. The molecule has 0 spiro atoms. The van der Waals surface area contributed by atoms with Crippen molar-refractivity contribution in [1.82, 2.24) is 4.98 Å². The molecule has 2 aromatic carbocycles. The average Bonchev–Trinajstić information content (AvgIpc) is 3.09. The molecule has 132 valence electrons. The molecular formula is C19H17N3O3S. The maximum atomic E-state index is 12.2. The maximum Gasteiger partial charge on any atom is 0.257 e. The zero-order valence-corrected chi connectivity index (χ0v) is 14.9. The number of nitrogens with one attached hydrogen (secondary N) is 2. The molecule has 0 aliphatic rings. The van der Waals surface area contributed by atoms with E-state index in [9.17, 15) is 9.59 Å². The molecule has 0 saturated carbocycles. The SMILES string of the molecule is COc1cccc(NC(=O)Cc2csc(NC(=O)c3ccccc3)n2)c1. The van der Waals surface area contributed by atoms with Crippen molar-refractivity contribution in [2.45, 2.75) is 6.42 Å². The predicted molar refractivity (Wildman–Crippen MR) is 102 cm³/mol. The number of hydrogen-bond donors (Lipinski definition) is 2. The van der Waals surface area contributed by atoms with Crippen LogP contribution in [0.15, 0.2) is 60.0 Å². The van der Waals surface area contributed by atoms with Crippen molar-refractivity contribution >= 4 is 34.0 Å². The molecule has 2 amide bonds. The summed E-state index contributed by atoms with van der Waals surface area (Å²) in [4.78, 5) is 28.6. The van der Waals surface area contributed by atoms with E-state index < -0.39 is 0 Å². The first-order valence-corrected chi connectivity index (χ1v) is 8.77. The number of nitrogens with zero attached hydrogens (tertiary/aromatic N) is 1. The molecule has 1 heterocycles. The molecule has 3 aromatic rings. The molecule has 0 fully saturated rings. The third-order valence-corrected chi connectivity index (χ3v) is 4.31. The first-order chi connectivity index (χ1) is 12.6. The number of carbonyl (C=O) groups excluding carboxylic acids is 2. The smallest absolute Gasteiger partial charge is 0.257 e. The monoisotopic (exact) mass is 367 g/mol. The van der Waals surface area contributed by atoms with E-state index in [1.807, 2.05) is 6.07 Å². The van der Waals surface area contributed by atoms with E-state index in [0.717, 1.165) is 0 Å². The van der Waals surface area contributed by atoms with E-state index in [-0.39, 0.29) is 18.2 Å². The minimum atomic E-state index is -0.229. The third-order valence-electron chi connectivity index (χ3n) is 3.50. The van der Waals surface area contributed by atoms with E-state index in [2.05, 4.69) is 15.6 Å². The quantitative estimate of drug-likeness (QED) is 0.698. The van der Waals surface area contributed by atoms with Crippen molar-refractivity contribution < 1.29 is 14.3 Å². The molecule has 2 N–H and O–H groups in total. The first kappa shape index (κ1) is 17.6. The molecule has 6 nitrogen and oxygen atoms in total. The Morgan fingerprint density at radius 2 is 1.88 bits per heavy atom. The van der Waals surface area contributed by atoms with Gasteiger partial charge in [0.2, 0.25) is 5.91 Å². The van der Waals surface area contributed by atoms with Crippen LogP contribution in [0.4, 0.5) is 10.8 Å². The van der Waals surface area contributed by atoms with Crippen LogP contribution in [0.2, 0.25) is 0 Å². The predicted octanol–water partition coefficient (Wildman–Crippen LogP) is 3.59. The van der Waals surface area contributed by atoms with Crippen LogP contribution >= 0.6 is 11.3 Å². The fourth-order valence-corrected chi connectivity index (χ4v) is 2.98. The zero-order valence-electron chi connectivity index (χ0n) is 14.1. The standard InChI is InChI=1S/C19H17N3O3S/c1-25-16-9-5-8-14(10-16)20-17(23)11-15-12-26-19(21-15)22-18(24)13-6-3-2-4-7-13/h2-10,12H,11H2,1H3,(H,20,23)(H,21,22,24). The van der Waals surface area contributed by atoms with Gasteiger partial charge in [0.1, 0.15) is 5.75 Å². The Kier molecular flexibility index (Phi) is 5.60. The lowest BCUT2D eigenvalue weighted by Gasteiger charge is -2.06. The van der Waals surface area contributed by atoms with Gasteiger partial charge in [-0.15, -0.1) is 11.3 Å². The number of benzene rings is 2. The van der Waals surface area contributed by atoms with E-state index in [1.54, 1.807) is 61.0 Å². The number of methoxy groups -OCH3 is 1. The van der Waals surface area contributed by atoms with Crippen molar-refractivity contribution in [1.29, 1.82) is 0 Å². The first-order valence-electron chi connectivity index (χ1n) is 7.89. The van der Waals surface area contributed by atoms with Crippen molar-refractivity contribution in [3.63, 3.8) is 0 Å². The molecule has 0 bridgehead atoms. The molecule has 1 aromatic heterocycles. The Bertz CT molecular complexity index is 909. The van der Waals surface area contributed by atoms with Crippen molar-refractivity contribution in [2.75, 3.05) is 17.7 Å². The number of thiazole rings is 1. The van der Waals surface area contributed by atoms with Gasteiger partial charge in [-0.05, 0) is 24.3 Å². The van der Waals surface area contributed by atoms with Crippen molar-refractivity contribution in [2.24, 2.45) is 0 Å². The molecule has 0 atom stereocenters. The summed E-state index contributed by atoms with van der Waals surface area (Å²) in [5.74, 6) is 0.249. The highest BCUT2D eigenvalue weighted by Crippen LogP contribution is 2.19. The number of anilines is 2. The van der Waals surface area contributed by atoms with Gasteiger partial charge in [-0.1, -0.05) is 24.3 Å². The van der Waals surface area contributed by atoms with Gasteiger partial charge >= 0.3 is 0 Å². The van der Waals surface area contributed by atoms with Crippen LogP contribution in [0.3, 0.4) is 0 Å². The number of rotatable bonds is 6. The summed E-state index contributed by atoms with van der Waals surface area (Å²) in [7, 11) is 1.57. The highest BCUT2D eigenvalue weighted by Gasteiger charge is 2.11. The fourth-order valence-electron chi connectivity index (χ4n) is 2.27. The summed E-state index contributed by atoms with van der Waals surface area (Å²) in [6, 6.07) is 16.0. The molecule has 7 heteroatoms. The Morgan fingerprint density at radius 1 is 1.08 bits per heavy atom. The van der Waals surface area contributed by atoms with Gasteiger partial charge in [-0.25, -0.2) is 4.98 Å². The highest BCUT2D eigenvalue weighted by atomic mass is 32.1. The van der Waals surface area contributed by atoms with Gasteiger partial charge in [-0.3, -0.25) is 14.9 Å². The summed E-state index contributed by atoms with van der Waals surface area (Å²) in [6.07, 6.45) is 0.120. The van der Waals surface area contributed by atoms with Crippen molar-refractivity contribution in [3.8, 4) is 5.75 Å². The highest BCUT2D eigenvalue weighted by molar-refractivity contribution is 7.14. The molecule has 0 aliphatic carbocycles. The van der Waals surface area contributed by atoms with Gasteiger partial charge < -0.3 is 10.1 Å². The summed E-state index contributed by atoms with van der Waals surface area (Å²) in [6.45, 7) is 0. The molecule has 0 saturated heterocycles. The third kappa shape index (κ3) is 4.67. The van der Waals surface area contributed by atoms with Crippen LogP contribution < -0.4 is 15.4 Å². The lowest BCUT2D eigenvalue weighted by atomic mass is 10.2. The second-order valence-electron chi connectivity index (χ2n) is 5.42. The van der Waals surface area contributed by atoms with E-state index in [4.69, 9.17) is 4.74 Å². The van der Waals surface area contributed by atoms with Crippen LogP contribution in [0.1, 0.15) is 16.1 Å². The number of hydrogen-bond acceptors (Lipinski definition) is 5. The Balaban J connectivity index is 1.57. The van der Waals surface area contributed by atoms with Gasteiger partial charge in [0.15, 0.2) is 5.13 Å². The minimum Gasteiger partial charge on any atom is -0.497 e. The van der Waals surface area contributed by atoms with Gasteiger partial charge in [0, 0.05) is 22.7 Å². The lowest BCUT2D eigenvalue weighted by molar-refractivity contribution is -0.115. The summed E-state index contributed by atoms with van der Waals surface area (Å²) < 4.78 is 5.13. The molecular weight excluding hydrogens is 350 g/mol. The number of amides is 2. The van der Waals surface area contributed by atoms with Gasteiger partial charge in [0.05, 0.1) is 19.2 Å². The van der Waals surface area contributed by atoms with E-state index in [1.165, 1.54) is 11.3 Å². The summed E-state index contributed by atoms with van der Waals surface area (Å²) in [5.41, 5.74) is 1.81. The molecule has 0 unspecified atom stereocenters. The largest absolute Gasteiger partial charge is 0.497 e. The number of ether oxygens (including phenoxy) is 1. The Hall–Kier alpha value is -3.19. The maximum absolute atomic E-state index is 12.2. The van der Waals surface area contributed by atoms with Crippen molar-refractivity contribution in [3.05, 3.63) is 71.2 Å². The van der Waals surface area contributed by atoms with Crippen LogP contribution in [-0.2, 0) is 11.2 Å². The molecule has 0 radical (unpaired) electrons. The van der Waals surface area contributed by atoms with E-state index >= 15 is 0 Å². The topological polar surface area (TPSA) is 80.3 Å². The summed E-state index contributed by atoms with van der Waals surface area (Å²) >= 11 is 1.28. The average molecular weight is 367 g/mol. The minimum absolute atomic E-state index is 0.120. The second-order valence-corrected chi connectivity index (χ2v) is 6.28. The normalized spacial score (nSPS) is 10.2. The molecule has 3 rings (SSSR count). The van der Waals surface area contributed by atoms with Crippen LogP contribution in [0.25, 0.3) is 0 Å². The number of aromatic nitrogens is 1. The van der Waals surface area contributed by atoms with Gasteiger partial charge in [-0.2, -0.15) is 0 Å².